The van der Waals surface area contributed by atoms with Crippen LogP contribution in [-0.2, 0) is 12.7 Å². The van der Waals surface area contributed by atoms with Gasteiger partial charge in [-0.05, 0) is 48.0 Å². The van der Waals surface area contributed by atoms with Gasteiger partial charge in [0.15, 0.2) is 0 Å². The maximum atomic E-state index is 13.5. The zero-order valence-corrected chi connectivity index (χ0v) is 17.2. The lowest BCUT2D eigenvalue weighted by Gasteiger charge is -2.16. The Kier molecular flexibility index (Phi) is 6.75. The molecule has 0 saturated heterocycles. The first kappa shape index (κ1) is 22.2. The monoisotopic (exact) mass is 474 g/mol. The number of pyridine rings is 1. The Morgan fingerprint density at radius 2 is 1.67 bits per heavy atom. The van der Waals surface area contributed by atoms with Crippen LogP contribution < -0.4 is 10.1 Å². The fourth-order valence-corrected chi connectivity index (χ4v) is 3.12. The SMILES string of the molecule is O=C(NCc1ccc(Cl)cc1Cl)c1c(C(F)(F)F)ccnc1Oc1ccc(Cl)cc1. The molecule has 0 aliphatic carbocycles. The van der Waals surface area contributed by atoms with Crippen molar-refractivity contribution in [3.05, 3.63) is 86.5 Å². The summed E-state index contributed by atoms with van der Waals surface area (Å²) in [6, 6.07) is 11.2. The van der Waals surface area contributed by atoms with E-state index in [0.29, 0.717) is 21.7 Å². The Hall–Kier alpha value is -2.48. The van der Waals surface area contributed by atoms with Crippen molar-refractivity contribution >= 4 is 40.7 Å². The zero-order chi connectivity index (χ0) is 21.9. The van der Waals surface area contributed by atoms with Crippen LogP contribution in [0.15, 0.2) is 54.7 Å². The van der Waals surface area contributed by atoms with Crippen LogP contribution in [0, 0.1) is 0 Å². The quantitative estimate of drug-likeness (QED) is 0.442. The molecule has 2 aromatic carbocycles. The molecular formula is C20H12Cl3F3N2O2. The van der Waals surface area contributed by atoms with Crippen LogP contribution in [0.5, 0.6) is 11.6 Å². The highest BCUT2D eigenvalue weighted by Crippen LogP contribution is 2.36. The molecule has 10 heteroatoms. The summed E-state index contributed by atoms with van der Waals surface area (Å²) in [5.74, 6) is -1.35. The van der Waals surface area contributed by atoms with Crippen LogP contribution in [0.1, 0.15) is 21.5 Å². The van der Waals surface area contributed by atoms with Crippen molar-refractivity contribution < 1.29 is 22.7 Å². The van der Waals surface area contributed by atoms with Gasteiger partial charge in [-0.1, -0.05) is 40.9 Å². The summed E-state index contributed by atoms with van der Waals surface area (Å²) < 4.78 is 46.0. The number of hydrogen-bond acceptors (Lipinski definition) is 3. The van der Waals surface area contributed by atoms with Crippen LogP contribution >= 0.6 is 34.8 Å². The number of benzene rings is 2. The number of halogens is 6. The van der Waals surface area contributed by atoms with E-state index in [9.17, 15) is 18.0 Å². The van der Waals surface area contributed by atoms with Crippen molar-refractivity contribution in [1.82, 2.24) is 10.3 Å². The number of nitrogens with zero attached hydrogens (tertiary/aromatic N) is 1. The minimum Gasteiger partial charge on any atom is -0.438 e. The maximum absolute atomic E-state index is 13.5. The molecule has 30 heavy (non-hydrogen) atoms. The third-order valence-electron chi connectivity index (χ3n) is 3.93. The Morgan fingerprint density at radius 1 is 1.00 bits per heavy atom. The molecule has 1 amide bonds. The summed E-state index contributed by atoms with van der Waals surface area (Å²) in [6.07, 6.45) is -3.88. The van der Waals surface area contributed by atoms with Gasteiger partial charge in [0.25, 0.3) is 5.91 Å². The van der Waals surface area contributed by atoms with E-state index in [1.807, 2.05) is 0 Å². The first-order valence-corrected chi connectivity index (χ1v) is 9.50. The molecule has 0 radical (unpaired) electrons. The molecule has 3 aromatic rings. The Morgan fingerprint density at radius 3 is 2.30 bits per heavy atom. The number of rotatable bonds is 5. The number of hydrogen-bond donors (Lipinski definition) is 1. The van der Waals surface area contributed by atoms with E-state index in [1.165, 1.54) is 30.3 Å². The van der Waals surface area contributed by atoms with Crippen molar-refractivity contribution in [3.8, 4) is 11.6 Å². The number of aromatic nitrogens is 1. The minimum absolute atomic E-state index is 0.124. The van der Waals surface area contributed by atoms with Crippen LogP contribution in [-0.4, -0.2) is 10.9 Å². The standard InChI is InChI=1S/C20H12Cl3F3N2O2/c21-12-3-5-14(6-4-12)30-19-17(15(7-8-27-19)20(24,25)26)18(29)28-10-11-1-2-13(22)9-16(11)23/h1-9H,10H2,(H,28,29). The summed E-state index contributed by atoms with van der Waals surface area (Å²) in [4.78, 5) is 16.5. The van der Waals surface area contributed by atoms with Crippen LogP contribution in [0.2, 0.25) is 15.1 Å². The summed E-state index contributed by atoms with van der Waals surface area (Å²) in [5.41, 5.74) is -1.45. The molecule has 0 bridgehead atoms. The Balaban J connectivity index is 1.93. The largest absolute Gasteiger partial charge is 0.438 e. The molecule has 0 atom stereocenters. The number of amides is 1. The van der Waals surface area contributed by atoms with Gasteiger partial charge in [0, 0.05) is 27.8 Å². The molecule has 0 aliphatic heterocycles. The van der Waals surface area contributed by atoms with Gasteiger partial charge in [-0.3, -0.25) is 4.79 Å². The van der Waals surface area contributed by atoms with Crippen molar-refractivity contribution in [2.75, 3.05) is 0 Å². The first-order chi connectivity index (χ1) is 14.1. The van der Waals surface area contributed by atoms with E-state index in [-0.39, 0.29) is 17.3 Å². The molecular weight excluding hydrogens is 464 g/mol. The molecule has 1 aromatic heterocycles. The van der Waals surface area contributed by atoms with E-state index in [4.69, 9.17) is 39.5 Å². The Labute approximate surface area is 184 Å². The molecule has 0 spiro atoms. The molecule has 0 unspecified atom stereocenters. The highest BCUT2D eigenvalue weighted by molar-refractivity contribution is 6.35. The highest BCUT2D eigenvalue weighted by atomic mass is 35.5. The second kappa shape index (κ2) is 9.12. The minimum atomic E-state index is -4.80. The average molecular weight is 476 g/mol. The molecule has 0 fully saturated rings. The van der Waals surface area contributed by atoms with E-state index < -0.39 is 29.1 Å². The van der Waals surface area contributed by atoms with Gasteiger partial charge < -0.3 is 10.1 Å². The van der Waals surface area contributed by atoms with Crippen molar-refractivity contribution in [2.45, 2.75) is 12.7 Å². The molecule has 1 heterocycles. The molecule has 156 valence electrons. The van der Waals surface area contributed by atoms with Crippen LogP contribution in [0.3, 0.4) is 0 Å². The van der Waals surface area contributed by atoms with Crippen LogP contribution in [0.25, 0.3) is 0 Å². The highest BCUT2D eigenvalue weighted by Gasteiger charge is 2.37. The number of carbonyl (C=O) groups excluding carboxylic acids is 1. The van der Waals surface area contributed by atoms with Gasteiger partial charge in [0.1, 0.15) is 11.3 Å². The van der Waals surface area contributed by atoms with Gasteiger partial charge in [0.05, 0.1) is 5.56 Å². The fraction of sp³-hybridized carbons (Fsp3) is 0.100. The molecule has 0 aliphatic rings. The number of carbonyl (C=O) groups is 1. The lowest BCUT2D eigenvalue weighted by molar-refractivity contribution is -0.138. The molecule has 1 N–H and O–H groups in total. The van der Waals surface area contributed by atoms with Gasteiger partial charge in [-0.25, -0.2) is 4.98 Å². The maximum Gasteiger partial charge on any atom is 0.417 e. The summed E-state index contributed by atoms with van der Waals surface area (Å²) in [5, 5.41) is 3.49. The smallest absolute Gasteiger partial charge is 0.417 e. The lowest BCUT2D eigenvalue weighted by Crippen LogP contribution is -2.27. The second-order valence-corrected chi connectivity index (χ2v) is 7.29. The predicted octanol–water partition coefficient (Wildman–Crippen LogP) is 6.78. The van der Waals surface area contributed by atoms with E-state index in [1.54, 1.807) is 12.1 Å². The van der Waals surface area contributed by atoms with Gasteiger partial charge in [-0.15, -0.1) is 0 Å². The summed E-state index contributed by atoms with van der Waals surface area (Å²) in [6.45, 7) is -0.124. The first-order valence-electron chi connectivity index (χ1n) is 8.37. The lowest BCUT2D eigenvalue weighted by atomic mass is 10.1. The zero-order valence-electron chi connectivity index (χ0n) is 14.9. The van der Waals surface area contributed by atoms with Crippen molar-refractivity contribution in [1.29, 1.82) is 0 Å². The third-order valence-corrected chi connectivity index (χ3v) is 4.77. The second-order valence-electron chi connectivity index (χ2n) is 6.01. The molecule has 3 rings (SSSR count). The molecule has 4 nitrogen and oxygen atoms in total. The number of alkyl halides is 3. The number of nitrogens with one attached hydrogen (secondary N) is 1. The van der Waals surface area contributed by atoms with Gasteiger partial charge in [-0.2, -0.15) is 13.2 Å². The van der Waals surface area contributed by atoms with Crippen molar-refractivity contribution in [3.63, 3.8) is 0 Å². The predicted molar refractivity (Wildman–Crippen MR) is 108 cm³/mol. The van der Waals surface area contributed by atoms with E-state index in [2.05, 4.69) is 10.3 Å². The number of ether oxygens (including phenoxy) is 1. The summed E-state index contributed by atoms with van der Waals surface area (Å²) in [7, 11) is 0. The van der Waals surface area contributed by atoms with E-state index >= 15 is 0 Å². The van der Waals surface area contributed by atoms with Crippen molar-refractivity contribution in [2.24, 2.45) is 0 Å². The van der Waals surface area contributed by atoms with Gasteiger partial charge in [0.2, 0.25) is 5.88 Å². The summed E-state index contributed by atoms with van der Waals surface area (Å²) >= 11 is 17.7. The molecule has 0 saturated carbocycles. The van der Waals surface area contributed by atoms with E-state index in [0.717, 1.165) is 6.20 Å². The third kappa shape index (κ3) is 5.36. The van der Waals surface area contributed by atoms with Crippen LogP contribution in [0.4, 0.5) is 13.2 Å². The van der Waals surface area contributed by atoms with Gasteiger partial charge >= 0.3 is 6.18 Å². The Bertz CT molecular complexity index is 1070. The average Bonchev–Trinajstić information content (AvgIpc) is 2.68. The topological polar surface area (TPSA) is 51.2 Å². The fourth-order valence-electron chi connectivity index (χ4n) is 2.52. The normalized spacial score (nSPS) is 11.3.